The van der Waals surface area contributed by atoms with Crippen molar-refractivity contribution in [1.82, 2.24) is 0 Å². The van der Waals surface area contributed by atoms with Crippen molar-refractivity contribution in [2.75, 3.05) is 6.50 Å². The molecule has 0 rings (SSSR count). The summed E-state index contributed by atoms with van der Waals surface area (Å²) in [4.78, 5) is 0. The van der Waals surface area contributed by atoms with E-state index in [9.17, 15) is 0 Å². The lowest BCUT2D eigenvalue weighted by Crippen LogP contribution is -2.01. The Morgan fingerprint density at radius 3 is 4.00 bits per heavy atom. The van der Waals surface area contributed by atoms with Gasteiger partial charge in [0.05, 0.1) is 0 Å². The van der Waals surface area contributed by atoms with Crippen molar-refractivity contribution in [2.24, 2.45) is 11.6 Å². The SMILES string of the molecule is [2H]CC([2H])(C([2H])([2H])[2H])C([2H])([2H])C([2H])([2H])N([2H])[2H]. The Labute approximate surface area is 55.1 Å². The van der Waals surface area contributed by atoms with Gasteiger partial charge in [-0.15, -0.1) is 0 Å². The van der Waals surface area contributed by atoms with Crippen LogP contribution in [0.3, 0.4) is 0 Å². The average Bonchev–Trinajstić information content (AvgIpc) is 2.13. The third kappa shape index (κ3) is 3.96. The molecule has 0 aliphatic rings. The molecule has 1 atom stereocenters. The minimum Gasteiger partial charge on any atom is -0.330 e. The highest BCUT2D eigenvalue weighted by atomic mass is 14.5. The number of nitrogens with two attached hydrogens (primary N) is 1. The van der Waals surface area contributed by atoms with Gasteiger partial charge in [0.2, 0.25) is 0 Å². The molecular weight excluding hydrogens is 74.1 g/mol. The van der Waals surface area contributed by atoms with Crippen molar-refractivity contribution in [3.63, 3.8) is 0 Å². The van der Waals surface area contributed by atoms with Gasteiger partial charge in [-0.05, 0) is 18.8 Å². The first-order valence-corrected chi connectivity index (χ1v) is 1.33. The fourth-order valence-electron chi connectivity index (χ4n) is 0.0675. The Morgan fingerprint density at radius 1 is 2.50 bits per heavy atom. The van der Waals surface area contributed by atoms with Crippen molar-refractivity contribution in [3.05, 3.63) is 0 Å². The number of rotatable bonds is 3. The van der Waals surface area contributed by atoms with E-state index in [2.05, 4.69) is 0 Å². The molecule has 2 N–H and O–H groups in total. The highest BCUT2D eigenvalue weighted by Gasteiger charge is 1.85. The summed E-state index contributed by atoms with van der Waals surface area (Å²) < 4.78 is 78.4. The Balaban J connectivity index is 5.72. The second-order valence-corrected chi connectivity index (χ2v) is 0.715. The van der Waals surface area contributed by atoms with Crippen molar-refractivity contribution in [2.45, 2.75) is 20.1 Å². The molecule has 1 unspecified atom stereocenters. The Bertz CT molecular complexity index is 270. The Kier molecular flexibility index (Phi) is 0.303. The van der Waals surface area contributed by atoms with Gasteiger partial charge in [-0.2, -0.15) is 0 Å². The van der Waals surface area contributed by atoms with E-state index in [1.807, 2.05) is 0 Å². The normalized spacial score (nSPS) is 53.8. The maximum atomic E-state index is 7.51. The van der Waals surface area contributed by atoms with Gasteiger partial charge in [-0.1, -0.05) is 13.8 Å². The fourth-order valence-corrected chi connectivity index (χ4v) is 0.0675. The summed E-state index contributed by atoms with van der Waals surface area (Å²) in [6.45, 7) is -7.80. The molecule has 0 heterocycles. The van der Waals surface area contributed by atoms with Gasteiger partial charge >= 0.3 is 0 Å². The van der Waals surface area contributed by atoms with Crippen LogP contribution in [0.5, 0.6) is 0 Å². The summed E-state index contributed by atoms with van der Waals surface area (Å²) in [6, 6.07) is 0. The van der Waals surface area contributed by atoms with Crippen molar-refractivity contribution < 1.29 is 15.2 Å². The predicted octanol–water partition coefficient (Wildman–Crippen LogP) is 0.991. The molecule has 0 spiro atoms. The average molecular weight is 98.2 g/mol. The van der Waals surface area contributed by atoms with Crippen LogP contribution in [0, 0.1) is 5.89 Å². The Hall–Kier alpha value is -0.0400. The molecule has 0 aromatic carbocycles. The van der Waals surface area contributed by atoms with Gasteiger partial charge in [-0.3, -0.25) is 0 Å². The zero-order valence-electron chi connectivity index (χ0n) is 14.2. The maximum absolute atomic E-state index is 7.51. The first kappa shape index (κ1) is 0.576. The second kappa shape index (κ2) is 3.16. The van der Waals surface area contributed by atoms with Gasteiger partial charge in [0.25, 0.3) is 0 Å². The second-order valence-electron chi connectivity index (χ2n) is 0.715. The van der Waals surface area contributed by atoms with E-state index in [1.54, 1.807) is 0 Å². The van der Waals surface area contributed by atoms with Crippen molar-refractivity contribution >= 4 is 0 Å². The molecule has 0 saturated heterocycles. The summed E-state index contributed by atoms with van der Waals surface area (Å²) in [5.41, 5.74) is -0.627. The largest absolute Gasteiger partial charge is 0.330 e. The van der Waals surface area contributed by atoms with Crippen LogP contribution in [0.15, 0.2) is 0 Å². The molecule has 0 aliphatic carbocycles. The van der Waals surface area contributed by atoms with Crippen LogP contribution in [0.4, 0.5) is 0 Å². The highest BCUT2D eigenvalue weighted by Crippen LogP contribution is 1.93. The summed E-state index contributed by atoms with van der Waals surface area (Å²) in [7, 11) is 0. The molecule has 0 aliphatic heterocycles. The molecule has 0 saturated carbocycles. The summed E-state index contributed by atoms with van der Waals surface area (Å²) in [6.07, 6.45) is -3.39. The first-order valence-electron chi connectivity index (χ1n) is 6.93. The van der Waals surface area contributed by atoms with Crippen LogP contribution in [0.1, 0.15) is 32.5 Å². The molecule has 38 valence electrons. The molecule has 6 heavy (non-hydrogen) atoms. The van der Waals surface area contributed by atoms with E-state index in [-0.39, 0.29) is 0 Å². The van der Waals surface area contributed by atoms with Gasteiger partial charge in [-0.25, -0.2) is 0 Å². The molecule has 1 heteroatoms. The molecule has 0 bridgehead atoms. The van der Waals surface area contributed by atoms with E-state index in [4.69, 9.17) is 15.2 Å². The monoisotopic (exact) mass is 98.2 g/mol. The smallest absolute Gasteiger partial charge is 0.118 e. The van der Waals surface area contributed by atoms with Crippen LogP contribution in [0.25, 0.3) is 0 Å². The summed E-state index contributed by atoms with van der Waals surface area (Å²) in [5, 5.41) is 0. The molecule has 0 fully saturated rings. The molecule has 0 aromatic heterocycles. The highest BCUT2D eigenvalue weighted by molar-refractivity contribution is 4.42. The van der Waals surface area contributed by atoms with Crippen molar-refractivity contribution in [1.29, 1.82) is 0 Å². The minimum atomic E-state index is -3.39. The lowest BCUT2D eigenvalue weighted by Gasteiger charge is -1.96. The predicted molar refractivity (Wildman–Crippen MR) is 28.5 cm³/mol. The molecule has 0 amide bonds. The summed E-state index contributed by atoms with van der Waals surface area (Å²) >= 11 is 0. The molecular formula is C5H13N. The lowest BCUT2D eigenvalue weighted by atomic mass is 10.1. The number of hydrogen-bond acceptors (Lipinski definition) is 1. The summed E-state index contributed by atoms with van der Waals surface area (Å²) in [5.74, 6) is -3.07. The Morgan fingerprint density at radius 2 is 3.50 bits per heavy atom. The molecule has 0 aromatic rings. The van der Waals surface area contributed by atoms with E-state index in [1.165, 1.54) is 0 Å². The van der Waals surface area contributed by atoms with E-state index >= 15 is 0 Å². The fraction of sp³-hybridized carbons (Fsp3) is 1.00. The standard InChI is InChI=1S/C5H13N/c1-5(2)3-4-6/h5H,3-4,6H2,1-2H3/i1D,2D3,3D2,4D2,5D/hD2. The van der Waals surface area contributed by atoms with Gasteiger partial charge in [0, 0.05) is 12.3 Å². The van der Waals surface area contributed by atoms with Gasteiger partial charge < -0.3 is 5.72 Å². The lowest BCUT2D eigenvalue weighted by molar-refractivity contribution is 0.596. The quantitative estimate of drug-likeness (QED) is 0.559. The van der Waals surface area contributed by atoms with Crippen LogP contribution in [0.2, 0.25) is 2.82 Å². The molecule has 0 radical (unpaired) electrons. The van der Waals surface area contributed by atoms with E-state index in [0.717, 1.165) is 0 Å². The zero-order chi connectivity index (χ0) is 14.3. The maximum Gasteiger partial charge on any atom is 0.118 e. The van der Waals surface area contributed by atoms with E-state index in [0.29, 0.717) is 0 Å². The van der Waals surface area contributed by atoms with Crippen molar-refractivity contribution in [3.8, 4) is 0 Å². The first-order chi connectivity index (χ1) is 7.25. The number of hydrogen-bond donors (Lipinski definition) is 1. The van der Waals surface area contributed by atoms with E-state index < -0.39 is 38.2 Å². The van der Waals surface area contributed by atoms with Gasteiger partial charge in [0.15, 0.2) is 0 Å². The zero-order valence-corrected chi connectivity index (χ0v) is 3.15. The topological polar surface area (TPSA) is 26.0 Å². The molecule has 1 nitrogen and oxygen atoms in total. The third-order valence-electron chi connectivity index (χ3n) is 0.207. The van der Waals surface area contributed by atoms with Crippen LogP contribution < -0.4 is 5.72 Å². The van der Waals surface area contributed by atoms with Gasteiger partial charge in [0.1, 0.15) is 2.82 Å². The van der Waals surface area contributed by atoms with Crippen LogP contribution in [-0.2, 0) is 0 Å². The van der Waals surface area contributed by atoms with Crippen LogP contribution in [-0.4, -0.2) is 6.50 Å². The van der Waals surface area contributed by atoms with Crippen LogP contribution >= 0.6 is 0 Å². The third-order valence-corrected chi connectivity index (χ3v) is 0.207. The minimum absolute atomic E-state index is 0.627.